The molecule has 4 aromatic carbocycles. The minimum atomic E-state index is -3.85. The van der Waals surface area contributed by atoms with E-state index in [1.54, 1.807) is 43.5 Å². The van der Waals surface area contributed by atoms with Crippen LogP contribution in [0.25, 0.3) is 0 Å². The van der Waals surface area contributed by atoms with Gasteiger partial charge in [0.2, 0.25) is 0 Å². The Balaban J connectivity index is 1.32. The fourth-order valence-corrected chi connectivity index (χ4v) is 5.72. The van der Waals surface area contributed by atoms with E-state index in [2.05, 4.69) is 20.3 Å². The van der Waals surface area contributed by atoms with Crippen LogP contribution in [0.1, 0.15) is 12.8 Å². The Kier molecular flexibility index (Phi) is 8.37. The number of anilines is 4. The summed E-state index contributed by atoms with van der Waals surface area (Å²) in [5.41, 5.74) is 2.72. The van der Waals surface area contributed by atoms with Crippen molar-refractivity contribution in [2.24, 2.45) is 0 Å². The molecular formula is C30H30N4O4S2. The molecule has 4 aromatic rings. The molecule has 5 rings (SSSR count). The molecule has 3 N–H and O–H groups in total. The van der Waals surface area contributed by atoms with E-state index in [9.17, 15) is 8.42 Å². The van der Waals surface area contributed by atoms with Gasteiger partial charge in [-0.1, -0.05) is 18.2 Å². The predicted molar refractivity (Wildman–Crippen MR) is 164 cm³/mol. The van der Waals surface area contributed by atoms with Crippen LogP contribution < -0.4 is 29.7 Å². The second kappa shape index (κ2) is 12.3. The molecule has 0 bridgehead atoms. The van der Waals surface area contributed by atoms with Crippen LogP contribution in [-0.4, -0.2) is 33.7 Å². The summed E-state index contributed by atoms with van der Waals surface area (Å²) in [7, 11) is -2.29. The lowest BCUT2D eigenvalue weighted by atomic mass is 10.2. The topological polar surface area (TPSA) is 91.9 Å². The van der Waals surface area contributed by atoms with Gasteiger partial charge in [0.1, 0.15) is 17.2 Å². The summed E-state index contributed by atoms with van der Waals surface area (Å²) in [5.74, 6) is 2.10. The van der Waals surface area contributed by atoms with Gasteiger partial charge in [-0.2, -0.15) is 0 Å². The third-order valence-corrected chi connectivity index (χ3v) is 7.99. The molecule has 0 atom stereocenters. The lowest BCUT2D eigenvalue weighted by Crippen LogP contribution is -2.24. The summed E-state index contributed by atoms with van der Waals surface area (Å²) < 4.78 is 40.1. The minimum Gasteiger partial charge on any atom is -0.497 e. The highest BCUT2D eigenvalue weighted by Crippen LogP contribution is 2.32. The number of rotatable bonds is 9. The van der Waals surface area contributed by atoms with E-state index < -0.39 is 10.0 Å². The van der Waals surface area contributed by atoms with Gasteiger partial charge in [0.25, 0.3) is 10.0 Å². The number of nitrogens with zero attached hydrogens (tertiary/aromatic N) is 1. The SMILES string of the molecule is COc1ccc(NS(=O)(=O)c2ccc(N3CCCC3)c(NC(=S)Nc3ccc(Oc4ccccc4)cc3)c2)cc1. The highest BCUT2D eigenvalue weighted by atomic mass is 32.2. The molecule has 0 amide bonds. The lowest BCUT2D eigenvalue weighted by Gasteiger charge is -2.23. The Hall–Kier alpha value is -4.28. The third-order valence-electron chi connectivity index (χ3n) is 6.41. The van der Waals surface area contributed by atoms with Crippen molar-refractivity contribution < 1.29 is 17.9 Å². The smallest absolute Gasteiger partial charge is 0.261 e. The largest absolute Gasteiger partial charge is 0.497 e. The molecule has 1 aliphatic rings. The maximum Gasteiger partial charge on any atom is 0.261 e. The first kappa shape index (κ1) is 27.3. The molecule has 1 aliphatic heterocycles. The van der Waals surface area contributed by atoms with Crippen molar-refractivity contribution in [3.63, 3.8) is 0 Å². The average Bonchev–Trinajstić information content (AvgIpc) is 3.50. The van der Waals surface area contributed by atoms with Crippen molar-refractivity contribution in [2.75, 3.05) is 40.5 Å². The van der Waals surface area contributed by atoms with Crippen LogP contribution in [0.2, 0.25) is 0 Å². The third kappa shape index (κ3) is 6.83. The molecule has 0 aromatic heterocycles. The number of benzene rings is 4. The first-order valence-electron chi connectivity index (χ1n) is 12.9. The monoisotopic (exact) mass is 574 g/mol. The first-order valence-corrected chi connectivity index (χ1v) is 14.8. The van der Waals surface area contributed by atoms with Crippen molar-refractivity contribution in [2.45, 2.75) is 17.7 Å². The van der Waals surface area contributed by atoms with Crippen LogP contribution in [0.15, 0.2) is 102 Å². The summed E-state index contributed by atoms with van der Waals surface area (Å²) in [6.45, 7) is 1.79. The zero-order valence-electron chi connectivity index (χ0n) is 22.0. The van der Waals surface area contributed by atoms with E-state index in [1.165, 1.54) is 0 Å². The number of hydrogen-bond acceptors (Lipinski definition) is 6. The van der Waals surface area contributed by atoms with E-state index in [-0.39, 0.29) is 4.90 Å². The Morgan fingerprint density at radius 2 is 1.40 bits per heavy atom. The van der Waals surface area contributed by atoms with Gasteiger partial charge in [0, 0.05) is 24.5 Å². The molecule has 0 spiro atoms. The quantitative estimate of drug-likeness (QED) is 0.190. The Morgan fingerprint density at radius 1 is 0.775 bits per heavy atom. The molecular weight excluding hydrogens is 544 g/mol. The van der Waals surface area contributed by atoms with Gasteiger partial charge in [-0.25, -0.2) is 8.42 Å². The second-order valence-electron chi connectivity index (χ2n) is 9.23. The van der Waals surface area contributed by atoms with Gasteiger partial charge < -0.3 is 25.0 Å². The molecule has 0 unspecified atom stereocenters. The fourth-order valence-electron chi connectivity index (χ4n) is 4.40. The van der Waals surface area contributed by atoms with Crippen molar-refractivity contribution >= 4 is 50.1 Å². The van der Waals surface area contributed by atoms with Gasteiger partial charge in [0.15, 0.2) is 5.11 Å². The zero-order chi connectivity index (χ0) is 28.0. The summed E-state index contributed by atoms with van der Waals surface area (Å²) in [4.78, 5) is 2.35. The van der Waals surface area contributed by atoms with Gasteiger partial charge >= 0.3 is 0 Å². The number of para-hydroxylation sites is 1. The van der Waals surface area contributed by atoms with Crippen LogP contribution in [0.4, 0.5) is 22.7 Å². The van der Waals surface area contributed by atoms with Crippen molar-refractivity contribution in [3.8, 4) is 17.2 Å². The number of nitrogens with one attached hydrogen (secondary N) is 3. The molecule has 8 nitrogen and oxygen atoms in total. The Morgan fingerprint density at radius 3 is 2.08 bits per heavy atom. The van der Waals surface area contributed by atoms with Gasteiger partial charge in [-0.15, -0.1) is 0 Å². The number of hydrogen-bond donors (Lipinski definition) is 3. The number of ether oxygens (including phenoxy) is 2. The highest BCUT2D eigenvalue weighted by molar-refractivity contribution is 7.92. The summed E-state index contributed by atoms with van der Waals surface area (Å²) in [5, 5.41) is 6.74. The van der Waals surface area contributed by atoms with Crippen LogP contribution in [0, 0.1) is 0 Å². The highest BCUT2D eigenvalue weighted by Gasteiger charge is 2.21. The molecule has 0 radical (unpaired) electrons. The van der Waals surface area contributed by atoms with E-state index >= 15 is 0 Å². The molecule has 10 heteroatoms. The van der Waals surface area contributed by atoms with Crippen LogP contribution in [-0.2, 0) is 10.0 Å². The van der Waals surface area contributed by atoms with Crippen molar-refractivity contribution in [1.82, 2.24) is 0 Å². The minimum absolute atomic E-state index is 0.124. The maximum absolute atomic E-state index is 13.2. The molecule has 206 valence electrons. The van der Waals surface area contributed by atoms with E-state index in [0.29, 0.717) is 28.0 Å². The summed E-state index contributed by atoms with van der Waals surface area (Å²) in [6.07, 6.45) is 2.16. The average molecular weight is 575 g/mol. The molecule has 1 fully saturated rings. The first-order chi connectivity index (χ1) is 19.4. The molecule has 1 saturated heterocycles. The van der Waals surface area contributed by atoms with Crippen molar-refractivity contribution in [1.29, 1.82) is 0 Å². The Labute approximate surface area is 240 Å². The van der Waals surface area contributed by atoms with Gasteiger partial charge in [-0.05, 0) is 104 Å². The molecule has 40 heavy (non-hydrogen) atoms. The second-order valence-corrected chi connectivity index (χ2v) is 11.3. The standard InChI is InChI=1S/C30H30N4O4S2/c1-37-24-13-11-23(12-14-24)33-40(35,36)27-17-18-29(34-19-5-6-20-34)28(21-27)32-30(39)31-22-9-15-26(16-10-22)38-25-7-3-2-4-8-25/h2-4,7-18,21,33H,5-6,19-20H2,1H3,(H2,31,32,39). The number of sulfonamides is 1. The lowest BCUT2D eigenvalue weighted by molar-refractivity contribution is 0.415. The molecule has 0 aliphatic carbocycles. The normalized spacial score (nSPS) is 13.0. The summed E-state index contributed by atoms with van der Waals surface area (Å²) in [6, 6.07) is 28.8. The van der Waals surface area contributed by atoms with Gasteiger partial charge in [-0.3, -0.25) is 4.72 Å². The van der Waals surface area contributed by atoms with E-state index in [0.717, 1.165) is 43.1 Å². The van der Waals surface area contributed by atoms with Crippen molar-refractivity contribution in [3.05, 3.63) is 97.1 Å². The molecule has 0 saturated carbocycles. The van der Waals surface area contributed by atoms with E-state index in [1.807, 2.05) is 60.7 Å². The number of thiocarbonyl (C=S) groups is 1. The van der Waals surface area contributed by atoms with Crippen LogP contribution >= 0.6 is 12.2 Å². The summed E-state index contributed by atoms with van der Waals surface area (Å²) >= 11 is 5.61. The predicted octanol–water partition coefficient (Wildman–Crippen LogP) is 6.70. The van der Waals surface area contributed by atoms with Crippen LogP contribution in [0.5, 0.6) is 17.2 Å². The van der Waals surface area contributed by atoms with Gasteiger partial charge in [0.05, 0.1) is 23.4 Å². The molecule has 1 heterocycles. The maximum atomic E-state index is 13.2. The zero-order valence-corrected chi connectivity index (χ0v) is 23.6. The fraction of sp³-hybridized carbons (Fsp3) is 0.167. The van der Waals surface area contributed by atoms with E-state index in [4.69, 9.17) is 21.7 Å². The van der Waals surface area contributed by atoms with Crippen LogP contribution in [0.3, 0.4) is 0 Å². The Bertz CT molecular complexity index is 1560. The number of methoxy groups -OCH3 is 1.